The lowest BCUT2D eigenvalue weighted by molar-refractivity contribution is 0.132. The third kappa shape index (κ3) is 3.22. The highest BCUT2D eigenvalue weighted by molar-refractivity contribution is 5.96. The van der Waals surface area contributed by atoms with Crippen molar-refractivity contribution in [1.82, 2.24) is 9.55 Å². The number of nitrogens with zero attached hydrogens (tertiary/aromatic N) is 2. The van der Waals surface area contributed by atoms with Gasteiger partial charge in [0.25, 0.3) is 0 Å². The van der Waals surface area contributed by atoms with Crippen molar-refractivity contribution in [2.24, 2.45) is 0 Å². The van der Waals surface area contributed by atoms with Crippen molar-refractivity contribution in [3.63, 3.8) is 0 Å². The van der Waals surface area contributed by atoms with Gasteiger partial charge in [-0.15, -0.1) is 0 Å². The maximum Gasteiger partial charge on any atom is 0.152 e. The summed E-state index contributed by atoms with van der Waals surface area (Å²) < 4.78 is 2.15. The fraction of sp³-hybridized carbons (Fsp3) is 0.0571. The lowest BCUT2D eigenvalue weighted by atomic mass is 9.76. The number of aromatic nitrogens is 2. The van der Waals surface area contributed by atoms with E-state index in [-0.39, 0.29) is 0 Å². The molecule has 0 fully saturated rings. The normalized spacial score (nSPS) is 16.6. The Hall–Kier alpha value is -4.73. The van der Waals surface area contributed by atoms with E-state index in [4.69, 9.17) is 4.98 Å². The molecule has 1 atom stereocenters. The van der Waals surface area contributed by atoms with Gasteiger partial charge in [0.05, 0.1) is 12.0 Å². The van der Waals surface area contributed by atoms with E-state index in [0.717, 1.165) is 38.6 Å². The second-order valence-electron chi connectivity index (χ2n) is 9.83. The predicted molar refractivity (Wildman–Crippen MR) is 153 cm³/mol. The van der Waals surface area contributed by atoms with E-state index in [1.807, 2.05) is 55.0 Å². The molecule has 6 aromatic rings. The molecule has 182 valence electrons. The highest BCUT2D eigenvalue weighted by Crippen LogP contribution is 2.44. The maximum absolute atomic E-state index is 12.2. The van der Waals surface area contributed by atoms with E-state index in [9.17, 15) is 5.11 Å². The molecule has 3 heteroatoms. The molecule has 38 heavy (non-hydrogen) atoms. The minimum absolute atomic E-state index is 0.586. The lowest BCUT2D eigenvalue weighted by Gasteiger charge is -2.37. The molecule has 0 radical (unpaired) electrons. The Balaban J connectivity index is 1.49. The van der Waals surface area contributed by atoms with E-state index in [1.54, 1.807) is 0 Å². The highest BCUT2D eigenvalue weighted by Gasteiger charge is 2.41. The summed E-state index contributed by atoms with van der Waals surface area (Å²) in [4.78, 5) is 4.88. The summed E-state index contributed by atoms with van der Waals surface area (Å²) in [7, 11) is 0. The number of rotatable bonds is 5. The SMILES string of the molecule is OC1(c2cn(C(c3ccccc3)(c3ccccc3)c3ccccc3)cn2)C=Cc2cccc3cccc1c23. The molecule has 0 saturated carbocycles. The predicted octanol–water partition coefficient (Wildman–Crippen LogP) is 7.14. The zero-order valence-electron chi connectivity index (χ0n) is 20.8. The summed E-state index contributed by atoms with van der Waals surface area (Å²) in [6.07, 6.45) is 7.73. The monoisotopic (exact) mass is 490 g/mol. The number of benzene rings is 5. The largest absolute Gasteiger partial charge is 0.375 e. The average molecular weight is 491 g/mol. The molecule has 0 bridgehead atoms. The van der Waals surface area contributed by atoms with Gasteiger partial charge in [-0.3, -0.25) is 0 Å². The van der Waals surface area contributed by atoms with Crippen LogP contribution in [-0.4, -0.2) is 14.7 Å². The van der Waals surface area contributed by atoms with Crippen LogP contribution in [-0.2, 0) is 11.1 Å². The topological polar surface area (TPSA) is 38.0 Å². The van der Waals surface area contributed by atoms with Gasteiger partial charge >= 0.3 is 0 Å². The van der Waals surface area contributed by atoms with E-state index in [2.05, 4.69) is 102 Å². The minimum Gasteiger partial charge on any atom is -0.375 e. The Morgan fingerprint density at radius 2 is 1.18 bits per heavy atom. The number of aliphatic hydroxyl groups is 1. The molecule has 1 aliphatic rings. The molecule has 1 unspecified atom stereocenters. The smallest absolute Gasteiger partial charge is 0.152 e. The van der Waals surface area contributed by atoms with Gasteiger partial charge in [-0.1, -0.05) is 133 Å². The fourth-order valence-electron chi connectivity index (χ4n) is 6.04. The molecule has 0 saturated heterocycles. The molecule has 0 amide bonds. The Morgan fingerprint density at radius 3 is 1.76 bits per heavy atom. The first-order chi connectivity index (χ1) is 18.7. The molecular formula is C35H26N2O. The second kappa shape index (κ2) is 8.69. The van der Waals surface area contributed by atoms with Crippen molar-refractivity contribution < 1.29 is 5.11 Å². The van der Waals surface area contributed by atoms with Crippen LogP contribution in [0.1, 0.15) is 33.5 Å². The summed E-state index contributed by atoms with van der Waals surface area (Å²) in [6.45, 7) is 0. The van der Waals surface area contributed by atoms with Crippen LogP contribution in [0.5, 0.6) is 0 Å². The van der Waals surface area contributed by atoms with Crippen molar-refractivity contribution in [1.29, 1.82) is 0 Å². The molecule has 1 aromatic heterocycles. The van der Waals surface area contributed by atoms with E-state index >= 15 is 0 Å². The summed E-state index contributed by atoms with van der Waals surface area (Å²) >= 11 is 0. The van der Waals surface area contributed by atoms with Gasteiger partial charge in [0, 0.05) is 11.8 Å². The van der Waals surface area contributed by atoms with Crippen LogP contribution in [0.3, 0.4) is 0 Å². The Labute approximate surface area is 222 Å². The molecule has 7 rings (SSSR count). The van der Waals surface area contributed by atoms with E-state index in [1.165, 1.54) is 0 Å². The first kappa shape index (κ1) is 22.5. The molecule has 1 heterocycles. The molecular weight excluding hydrogens is 464 g/mol. The van der Waals surface area contributed by atoms with Gasteiger partial charge in [-0.05, 0) is 39.1 Å². The van der Waals surface area contributed by atoms with Gasteiger partial charge in [0.1, 0.15) is 5.54 Å². The standard InChI is InChI=1S/C35H26N2O/c38-34(23-22-27-13-10-12-26-14-11-21-31(34)33(26)27)32-24-37(25-36-32)35(28-15-4-1-5-16-28,29-17-6-2-7-18-29)30-19-8-3-9-20-30/h1-25,38H. The first-order valence-electron chi connectivity index (χ1n) is 12.9. The summed E-state index contributed by atoms with van der Waals surface area (Å²) in [5.74, 6) is 0. The third-order valence-corrected chi connectivity index (χ3v) is 7.79. The van der Waals surface area contributed by atoms with Gasteiger partial charge in [0.2, 0.25) is 0 Å². The zero-order valence-corrected chi connectivity index (χ0v) is 20.8. The number of imidazole rings is 1. The lowest BCUT2D eigenvalue weighted by Crippen LogP contribution is -2.37. The van der Waals surface area contributed by atoms with Crippen LogP contribution < -0.4 is 0 Å². The fourth-order valence-corrected chi connectivity index (χ4v) is 6.04. The summed E-state index contributed by atoms with van der Waals surface area (Å²) in [6, 6.07) is 43.8. The highest BCUT2D eigenvalue weighted by atomic mass is 16.3. The number of hydrogen-bond donors (Lipinski definition) is 1. The van der Waals surface area contributed by atoms with Crippen LogP contribution in [0.4, 0.5) is 0 Å². The molecule has 0 spiro atoms. The minimum atomic E-state index is -1.35. The Kier molecular flexibility index (Phi) is 5.14. The molecule has 1 N–H and O–H groups in total. The summed E-state index contributed by atoms with van der Waals surface area (Å²) in [5, 5.41) is 14.4. The van der Waals surface area contributed by atoms with Gasteiger partial charge < -0.3 is 9.67 Å². The van der Waals surface area contributed by atoms with Crippen LogP contribution in [0.2, 0.25) is 0 Å². The quantitative estimate of drug-likeness (QED) is 0.261. The second-order valence-corrected chi connectivity index (χ2v) is 9.83. The van der Waals surface area contributed by atoms with Gasteiger partial charge in [-0.25, -0.2) is 4.98 Å². The van der Waals surface area contributed by atoms with Crippen molar-refractivity contribution >= 4 is 16.8 Å². The Bertz CT molecular complexity index is 1670. The average Bonchev–Trinajstić information content (AvgIpc) is 3.49. The van der Waals surface area contributed by atoms with Crippen LogP contribution >= 0.6 is 0 Å². The zero-order chi connectivity index (χ0) is 25.6. The van der Waals surface area contributed by atoms with Crippen molar-refractivity contribution in [2.75, 3.05) is 0 Å². The van der Waals surface area contributed by atoms with Gasteiger partial charge in [0.15, 0.2) is 5.60 Å². The summed E-state index contributed by atoms with van der Waals surface area (Å²) in [5.41, 5.74) is 3.84. The maximum atomic E-state index is 12.2. The molecule has 3 nitrogen and oxygen atoms in total. The molecule has 0 aliphatic heterocycles. The van der Waals surface area contributed by atoms with Crippen LogP contribution in [0, 0.1) is 0 Å². The van der Waals surface area contributed by atoms with Crippen LogP contribution in [0.25, 0.3) is 16.8 Å². The Morgan fingerprint density at radius 1 is 0.632 bits per heavy atom. The molecule has 1 aliphatic carbocycles. The third-order valence-electron chi connectivity index (χ3n) is 7.79. The van der Waals surface area contributed by atoms with Crippen molar-refractivity contribution in [2.45, 2.75) is 11.1 Å². The van der Waals surface area contributed by atoms with Crippen LogP contribution in [0.15, 0.2) is 146 Å². The van der Waals surface area contributed by atoms with E-state index in [0.29, 0.717) is 5.69 Å². The first-order valence-corrected chi connectivity index (χ1v) is 12.9. The van der Waals surface area contributed by atoms with E-state index < -0.39 is 11.1 Å². The van der Waals surface area contributed by atoms with Crippen molar-refractivity contribution in [3.05, 3.63) is 180 Å². The number of hydrogen-bond acceptors (Lipinski definition) is 2. The molecule has 5 aromatic carbocycles. The van der Waals surface area contributed by atoms with Crippen molar-refractivity contribution in [3.8, 4) is 0 Å². The van der Waals surface area contributed by atoms with Gasteiger partial charge in [-0.2, -0.15) is 0 Å².